The smallest absolute Gasteiger partial charge is 0.417 e. The Balaban J connectivity index is 1.90. The number of fused-ring (bicyclic) bond motifs is 1. The van der Waals surface area contributed by atoms with Crippen molar-refractivity contribution >= 4 is 34.2 Å². The van der Waals surface area contributed by atoms with Gasteiger partial charge in [-0.15, -0.1) is 0 Å². The minimum absolute atomic E-state index is 0.00804. The highest BCUT2D eigenvalue weighted by atomic mass is 35.5. The molecular weight excluding hydrogens is 433 g/mol. The maximum atomic E-state index is 13.8. The second-order valence-electron chi connectivity index (χ2n) is 6.64. The minimum atomic E-state index is -4.75. The predicted octanol–water partition coefficient (Wildman–Crippen LogP) is 5.99. The fraction of sp³-hybridized carbons (Fsp3) is 0.0909. The van der Waals surface area contributed by atoms with Crippen LogP contribution < -0.4 is 10.5 Å². The van der Waals surface area contributed by atoms with Gasteiger partial charge in [0, 0.05) is 16.1 Å². The zero-order valence-electron chi connectivity index (χ0n) is 16.0. The topological polar surface area (TPSA) is 78.3 Å². The molecule has 158 valence electrons. The van der Waals surface area contributed by atoms with Gasteiger partial charge in [0.1, 0.15) is 5.75 Å². The second kappa shape index (κ2) is 7.63. The Labute approximate surface area is 179 Å². The molecule has 0 bridgehead atoms. The Morgan fingerprint density at radius 1 is 1.10 bits per heavy atom. The average Bonchev–Trinajstić information content (AvgIpc) is 3.09. The number of ketones is 1. The number of halogens is 4. The third-order valence-electron chi connectivity index (χ3n) is 4.70. The van der Waals surface area contributed by atoms with Crippen LogP contribution in [-0.4, -0.2) is 17.9 Å². The Morgan fingerprint density at radius 2 is 1.74 bits per heavy atom. The van der Waals surface area contributed by atoms with Crippen molar-refractivity contribution in [3.05, 3.63) is 76.5 Å². The van der Waals surface area contributed by atoms with Crippen LogP contribution in [0.5, 0.6) is 5.75 Å². The summed E-state index contributed by atoms with van der Waals surface area (Å²) >= 11 is 5.85. The number of rotatable bonds is 4. The number of aromatic nitrogens is 1. The lowest BCUT2D eigenvalue weighted by atomic mass is 10.0. The zero-order valence-corrected chi connectivity index (χ0v) is 16.7. The molecule has 0 aliphatic rings. The van der Waals surface area contributed by atoms with Crippen LogP contribution in [0.25, 0.3) is 22.4 Å². The van der Waals surface area contributed by atoms with Gasteiger partial charge in [0.05, 0.1) is 29.4 Å². The van der Waals surface area contributed by atoms with E-state index in [2.05, 4.69) is 4.98 Å². The van der Waals surface area contributed by atoms with Gasteiger partial charge in [-0.2, -0.15) is 13.2 Å². The molecular formula is C22H14ClF3N2O3. The predicted molar refractivity (Wildman–Crippen MR) is 110 cm³/mol. The van der Waals surface area contributed by atoms with Gasteiger partial charge in [-0.05, 0) is 42.5 Å². The van der Waals surface area contributed by atoms with Crippen molar-refractivity contribution in [3.63, 3.8) is 0 Å². The van der Waals surface area contributed by atoms with E-state index < -0.39 is 34.4 Å². The number of pyridine rings is 1. The summed E-state index contributed by atoms with van der Waals surface area (Å²) in [6.45, 7) is 0. The lowest BCUT2D eigenvalue weighted by Crippen LogP contribution is -2.08. The van der Waals surface area contributed by atoms with E-state index in [-0.39, 0.29) is 17.0 Å². The molecule has 2 aromatic carbocycles. The molecule has 0 saturated heterocycles. The van der Waals surface area contributed by atoms with Gasteiger partial charge in [-0.1, -0.05) is 23.7 Å². The first-order valence-corrected chi connectivity index (χ1v) is 9.31. The van der Waals surface area contributed by atoms with Crippen LogP contribution in [0, 0.1) is 0 Å². The second-order valence-corrected chi connectivity index (χ2v) is 7.08. The van der Waals surface area contributed by atoms with Crippen LogP contribution in [-0.2, 0) is 6.18 Å². The van der Waals surface area contributed by atoms with Crippen molar-refractivity contribution in [1.29, 1.82) is 0 Å². The van der Waals surface area contributed by atoms with Gasteiger partial charge >= 0.3 is 6.18 Å². The number of hydrogen-bond acceptors (Lipinski definition) is 5. The quantitative estimate of drug-likeness (QED) is 0.390. The van der Waals surface area contributed by atoms with Crippen LogP contribution >= 0.6 is 11.6 Å². The van der Waals surface area contributed by atoms with Crippen LogP contribution in [0.2, 0.25) is 5.02 Å². The number of benzene rings is 2. The monoisotopic (exact) mass is 446 g/mol. The molecule has 2 aromatic heterocycles. The Kier molecular flexibility index (Phi) is 5.10. The molecule has 0 amide bonds. The minimum Gasteiger partial charge on any atom is -0.497 e. The van der Waals surface area contributed by atoms with Crippen LogP contribution in [0.15, 0.2) is 59.0 Å². The van der Waals surface area contributed by atoms with Gasteiger partial charge < -0.3 is 14.9 Å². The standard InChI is InChI=1S/C22H14ClF3N2O3/c1-30-14-8-4-12(5-9-14)19(29)20-18(27)17-15(22(24,25)26)10-16(28-21(17)31-20)11-2-6-13(23)7-3-11/h2-10H,27H2,1H3. The fourth-order valence-electron chi connectivity index (χ4n) is 3.16. The number of furan rings is 1. The van der Waals surface area contributed by atoms with Crippen LogP contribution in [0.4, 0.5) is 18.9 Å². The number of hydrogen-bond donors (Lipinski definition) is 1. The summed E-state index contributed by atoms with van der Waals surface area (Å²) in [5.41, 5.74) is 4.68. The van der Waals surface area contributed by atoms with E-state index >= 15 is 0 Å². The summed E-state index contributed by atoms with van der Waals surface area (Å²) in [7, 11) is 1.47. The van der Waals surface area contributed by atoms with Crippen molar-refractivity contribution in [3.8, 4) is 17.0 Å². The van der Waals surface area contributed by atoms with Crippen LogP contribution in [0.1, 0.15) is 21.7 Å². The summed E-state index contributed by atoms with van der Waals surface area (Å²) in [5, 5.41) is -0.0300. The lowest BCUT2D eigenvalue weighted by molar-refractivity contribution is -0.136. The van der Waals surface area contributed by atoms with Gasteiger partial charge in [-0.25, -0.2) is 4.98 Å². The molecule has 0 aliphatic heterocycles. The molecule has 0 unspecified atom stereocenters. The summed E-state index contributed by atoms with van der Waals surface area (Å²) in [4.78, 5) is 17.0. The summed E-state index contributed by atoms with van der Waals surface area (Å²) in [6.07, 6.45) is -4.75. The van der Waals surface area contributed by atoms with Crippen molar-refractivity contribution in [2.24, 2.45) is 0 Å². The van der Waals surface area contributed by atoms with Gasteiger partial charge in [0.2, 0.25) is 17.3 Å². The molecule has 4 aromatic rings. The molecule has 9 heteroatoms. The summed E-state index contributed by atoms with van der Waals surface area (Å²) in [5.74, 6) is -0.562. The maximum Gasteiger partial charge on any atom is 0.417 e. The number of alkyl halides is 3. The molecule has 0 aliphatic carbocycles. The van der Waals surface area contributed by atoms with Crippen molar-refractivity contribution in [2.75, 3.05) is 12.8 Å². The lowest BCUT2D eigenvalue weighted by Gasteiger charge is -2.10. The normalized spacial score (nSPS) is 11.6. The molecule has 0 atom stereocenters. The number of nitrogens with two attached hydrogens (primary N) is 1. The Morgan fingerprint density at radius 3 is 2.32 bits per heavy atom. The van der Waals surface area contributed by atoms with E-state index in [1.165, 1.54) is 43.5 Å². The molecule has 2 N–H and O–H groups in total. The van der Waals surface area contributed by atoms with Crippen molar-refractivity contribution < 1.29 is 27.1 Å². The summed E-state index contributed by atoms with van der Waals surface area (Å²) < 4.78 is 52.0. The van der Waals surface area contributed by atoms with Crippen molar-refractivity contribution in [1.82, 2.24) is 4.98 Å². The molecule has 0 saturated carbocycles. The molecule has 0 spiro atoms. The van der Waals surface area contributed by atoms with E-state index in [0.29, 0.717) is 16.3 Å². The number of anilines is 1. The fourth-order valence-corrected chi connectivity index (χ4v) is 3.28. The van der Waals surface area contributed by atoms with E-state index in [0.717, 1.165) is 6.07 Å². The highest BCUT2D eigenvalue weighted by Crippen LogP contribution is 2.41. The van der Waals surface area contributed by atoms with E-state index in [9.17, 15) is 18.0 Å². The van der Waals surface area contributed by atoms with E-state index in [1.54, 1.807) is 12.1 Å². The molecule has 0 fully saturated rings. The molecule has 0 radical (unpaired) electrons. The number of nitrogen functional groups attached to an aromatic ring is 1. The average molecular weight is 447 g/mol. The van der Waals surface area contributed by atoms with E-state index in [4.69, 9.17) is 26.5 Å². The molecule has 31 heavy (non-hydrogen) atoms. The molecule has 4 rings (SSSR count). The molecule has 2 heterocycles. The first-order chi connectivity index (χ1) is 14.7. The van der Waals surface area contributed by atoms with Gasteiger partial charge in [-0.3, -0.25) is 4.79 Å². The van der Waals surface area contributed by atoms with Gasteiger partial charge in [0.15, 0.2) is 0 Å². The van der Waals surface area contributed by atoms with Gasteiger partial charge in [0.25, 0.3) is 0 Å². The number of carbonyl (C=O) groups is 1. The Bertz CT molecular complexity index is 1280. The SMILES string of the molecule is COc1ccc(C(=O)c2oc3nc(-c4ccc(Cl)cc4)cc(C(F)(F)F)c3c2N)cc1. The van der Waals surface area contributed by atoms with Crippen LogP contribution in [0.3, 0.4) is 0 Å². The third kappa shape index (κ3) is 3.82. The first-order valence-electron chi connectivity index (χ1n) is 8.94. The zero-order chi connectivity index (χ0) is 22.3. The molecule has 5 nitrogen and oxygen atoms in total. The number of ether oxygens (including phenoxy) is 1. The number of nitrogens with zero attached hydrogens (tertiary/aromatic N) is 1. The van der Waals surface area contributed by atoms with E-state index in [1.807, 2.05) is 0 Å². The third-order valence-corrected chi connectivity index (χ3v) is 4.95. The largest absolute Gasteiger partial charge is 0.497 e. The first kappa shape index (κ1) is 20.7. The number of carbonyl (C=O) groups excluding carboxylic acids is 1. The van der Waals surface area contributed by atoms with Crippen molar-refractivity contribution in [2.45, 2.75) is 6.18 Å². The maximum absolute atomic E-state index is 13.8. The highest BCUT2D eigenvalue weighted by Gasteiger charge is 2.37. The summed E-state index contributed by atoms with van der Waals surface area (Å²) in [6, 6.07) is 13.0. The highest BCUT2D eigenvalue weighted by molar-refractivity contribution is 6.30. The Hall–Kier alpha value is -3.52. The number of methoxy groups -OCH3 is 1.